The summed E-state index contributed by atoms with van der Waals surface area (Å²) < 4.78 is 35.1. The Morgan fingerprint density at radius 2 is 2.20 bits per heavy atom. The van der Waals surface area contributed by atoms with Gasteiger partial charge >= 0.3 is 6.43 Å². The lowest BCUT2D eigenvalue weighted by molar-refractivity contribution is -0.131. The van der Waals surface area contributed by atoms with E-state index in [1.165, 1.54) is 0 Å². The van der Waals surface area contributed by atoms with Gasteiger partial charge in [-0.3, -0.25) is 4.79 Å². The zero-order valence-corrected chi connectivity index (χ0v) is 13.9. The number of nitrogens with one attached hydrogen (secondary N) is 2. The largest absolute Gasteiger partial charge is 0.484 e. The smallest absolute Gasteiger partial charge is 0.315 e. The van der Waals surface area contributed by atoms with Crippen molar-refractivity contribution in [3.63, 3.8) is 0 Å². The van der Waals surface area contributed by atoms with Crippen molar-refractivity contribution in [2.75, 3.05) is 0 Å². The van der Waals surface area contributed by atoms with Gasteiger partial charge in [-0.2, -0.15) is 8.78 Å². The first-order valence-electron chi connectivity index (χ1n) is 7.34. The van der Waals surface area contributed by atoms with Crippen molar-refractivity contribution in [1.82, 2.24) is 15.5 Å². The summed E-state index contributed by atoms with van der Waals surface area (Å²) in [5.74, 6) is -0.313. The van der Waals surface area contributed by atoms with Crippen LogP contribution in [0, 0.1) is 6.92 Å². The molecule has 0 aliphatic rings. The molecule has 9 heteroatoms. The van der Waals surface area contributed by atoms with Crippen LogP contribution < -0.4 is 10.1 Å². The van der Waals surface area contributed by atoms with Crippen LogP contribution in [0.1, 0.15) is 17.1 Å². The molecule has 132 valence electrons. The third kappa shape index (κ3) is 4.08. The lowest BCUT2D eigenvalue weighted by atomic mass is 10.2. The Balaban J connectivity index is 1.72. The van der Waals surface area contributed by atoms with Gasteiger partial charge in [-0.05, 0) is 19.1 Å². The highest BCUT2D eigenvalue weighted by Crippen LogP contribution is 2.31. The first-order chi connectivity index (χ1) is 11.9. The van der Waals surface area contributed by atoms with E-state index >= 15 is 0 Å². The van der Waals surface area contributed by atoms with Gasteiger partial charge in [0.25, 0.3) is 5.91 Å². The predicted octanol–water partition coefficient (Wildman–Crippen LogP) is 3.58. The molecule has 0 unspecified atom stereocenters. The number of alkyl halides is 2. The summed E-state index contributed by atoms with van der Waals surface area (Å²) in [7, 11) is 0. The molecule has 2 N–H and O–H groups in total. The van der Waals surface area contributed by atoms with Crippen LogP contribution in [-0.4, -0.2) is 22.5 Å². The Labute approximate surface area is 146 Å². The molecule has 0 bridgehead atoms. The van der Waals surface area contributed by atoms with Crippen molar-refractivity contribution in [3.8, 4) is 5.75 Å². The Hall–Kier alpha value is -2.61. The Morgan fingerprint density at radius 3 is 2.88 bits per heavy atom. The number of aromatic amines is 1. The molecule has 2 aromatic heterocycles. The van der Waals surface area contributed by atoms with Crippen LogP contribution in [-0.2, 0) is 17.9 Å². The summed E-state index contributed by atoms with van der Waals surface area (Å²) in [4.78, 5) is 14.0. The first kappa shape index (κ1) is 17.2. The molecule has 0 aliphatic carbocycles. The molecule has 3 aromatic rings. The maximum absolute atomic E-state index is 12.2. The maximum atomic E-state index is 12.2. The summed E-state index contributed by atoms with van der Waals surface area (Å²) in [6.45, 7) is 1.94. The van der Waals surface area contributed by atoms with E-state index in [0.717, 1.165) is 11.1 Å². The van der Waals surface area contributed by atoms with Crippen LogP contribution in [0.15, 0.2) is 28.8 Å². The summed E-state index contributed by atoms with van der Waals surface area (Å²) in [5, 5.41) is 7.07. The van der Waals surface area contributed by atoms with Crippen molar-refractivity contribution >= 4 is 28.4 Å². The quantitative estimate of drug-likeness (QED) is 0.696. The van der Waals surface area contributed by atoms with Crippen LogP contribution in [0.25, 0.3) is 10.9 Å². The molecule has 3 rings (SSSR count). The number of carbonyl (C=O) groups is 1. The predicted molar refractivity (Wildman–Crippen MR) is 86.7 cm³/mol. The highest BCUT2D eigenvalue weighted by Gasteiger charge is 2.15. The molecule has 25 heavy (non-hydrogen) atoms. The molecule has 0 atom stereocenters. The van der Waals surface area contributed by atoms with Gasteiger partial charge in [-0.1, -0.05) is 16.8 Å². The number of ether oxygens (including phenoxy) is 1. The lowest BCUT2D eigenvalue weighted by Gasteiger charge is -2.06. The molecule has 0 saturated carbocycles. The SMILES string of the molecule is Cc1cc(COc2cc3[nH]c(CNC(=O)C(F)F)cc3cc2Cl)on1. The fourth-order valence-electron chi connectivity index (χ4n) is 2.29. The number of rotatable bonds is 6. The van der Waals surface area contributed by atoms with E-state index in [2.05, 4.69) is 15.5 Å². The number of aromatic nitrogens is 2. The molecule has 0 fully saturated rings. The number of hydrogen-bond donors (Lipinski definition) is 2. The van der Waals surface area contributed by atoms with E-state index in [0.29, 0.717) is 27.7 Å². The number of nitrogens with zero attached hydrogens (tertiary/aromatic N) is 1. The van der Waals surface area contributed by atoms with Crippen LogP contribution >= 0.6 is 11.6 Å². The van der Waals surface area contributed by atoms with Crippen molar-refractivity contribution < 1.29 is 22.8 Å². The van der Waals surface area contributed by atoms with Gasteiger partial charge < -0.3 is 19.6 Å². The summed E-state index contributed by atoms with van der Waals surface area (Å²) in [5.41, 5.74) is 2.03. The van der Waals surface area contributed by atoms with Crippen molar-refractivity contribution in [3.05, 3.63) is 46.4 Å². The van der Waals surface area contributed by atoms with Crippen molar-refractivity contribution in [2.45, 2.75) is 26.5 Å². The van der Waals surface area contributed by atoms with Gasteiger partial charge in [-0.15, -0.1) is 0 Å². The normalized spacial score (nSPS) is 11.2. The molecular formula is C16H14ClF2N3O3. The van der Waals surface area contributed by atoms with E-state index < -0.39 is 12.3 Å². The Bertz CT molecular complexity index is 907. The molecule has 1 aromatic carbocycles. The first-order valence-corrected chi connectivity index (χ1v) is 7.72. The van der Waals surface area contributed by atoms with E-state index in [1.807, 2.05) is 0 Å². The van der Waals surface area contributed by atoms with Gasteiger partial charge in [0.05, 0.1) is 17.3 Å². The number of hydrogen-bond acceptors (Lipinski definition) is 4. The molecule has 0 spiro atoms. The maximum Gasteiger partial charge on any atom is 0.315 e. The third-order valence-electron chi connectivity index (χ3n) is 3.43. The minimum atomic E-state index is -3.04. The van der Waals surface area contributed by atoms with Gasteiger partial charge in [0.15, 0.2) is 5.76 Å². The molecule has 6 nitrogen and oxygen atoms in total. The van der Waals surface area contributed by atoms with E-state index in [-0.39, 0.29) is 13.2 Å². The molecule has 0 saturated heterocycles. The van der Waals surface area contributed by atoms with Crippen molar-refractivity contribution in [2.24, 2.45) is 0 Å². The molecule has 0 aliphatic heterocycles. The summed E-state index contributed by atoms with van der Waals surface area (Å²) in [6.07, 6.45) is -3.04. The number of carbonyl (C=O) groups excluding carboxylic acids is 1. The van der Waals surface area contributed by atoms with Gasteiger partial charge in [0.1, 0.15) is 12.4 Å². The second kappa shape index (κ2) is 7.10. The van der Waals surface area contributed by atoms with Gasteiger partial charge in [-0.25, -0.2) is 0 Å². The fraction of sp³-hybridized carbons (Fsp3) is 0.250. The zero-order chi connectivity index (χ0) is 18.0. The van der Waals surface area contributed by atoms with E-state index in [1.54, 1.807) is 31.2 Å². The average molecular weight is 370 g/mol. The highest BCUT2D eigenvalue weighted by molar-refractivity contribution is 6.32. The second-order valence-electron chi connectivity index (χ2n) is 5.41. The highest BCUT2D eigenvalue weighted by atomic mass is 35.5. The number of fused-ring (bicyclic) bond motifs is 1. The molecule has 1 amide bonds. The number of halogens is 3. The number of amides is 1. The van der Waals surface area contributed by atoms with Crippen LogP contribution in [0.4, 0.5) is 8.78 Å². The van der Waals surface area contributed by atoms with Crippen LogP contribution in [0.2, 0.25) is 5.02 Å². The Kier molecular flexibility index (Phi) is 4.89. The minimum Gasteiger partial charge on any atom is -0.484 e. The Morgan fingerprint density at radius 1 is 1.40 bits per heavy atom. The second-order valence-corrected chi connectivity index (χ2v) is 5.81. The topological polar surface area (TPSA) is 80.1 Å². The van der Waals surface area contributed by atoms with Crippen molar-refractivity contribution in [1.29, 1.82) is 0 Å². The monoisotopic (exact) mass is 369 g/mol. The van der Waals surface area contributed by atoms with Gasteiger partial charge in [0.2, 0.25) is 0 Å². The molecular weight excluding hydrogens is 356 g/mol. The van der Waals surface area contributed by atoms with Crippen LogP contribution in [0.5, 0.6) is 5.75 Å². The zero-order valence-electron chi connectivity index (χ0n) is 13.1. The number of aryl methyl sites for hydroxylation is 1. The lowest BCUT2D eigenvalue weighted by Crippen LogP contribution is -2.28. The number of benzene rings is 1. The minimum absolute atomic E-state index is 0.0387. The van der Waals surface area contributed by atoms with E-state index in [9.17, 15) is 13.6 Å². The molecule has 0 radical (unpaired) electrons. The third-order valence-corrected chi connectivity index (χ3v) is 3.72. The average Bonchev–Trinajstić information content (AvgIpc) is 3.15. The summed E-state index contributed by atoms with van der Waals surface area (Å²) >= 11 is 6.20. The van der Waals surface area contributed by atoms with Crippen LogP contribution in [0.3, 0.4) is 0 Å². The number of H-pyrrole nitrogens is 1. The fourth-order valence-corrected chi connectivity index (χ4v) is 2.52. The van der Waals surface area contributed by atoms with E-state index in [4.69, 9.17) is 20.9 Å². The van der Waals surface area contributed by atoms with Gasteiger partial charge in [0, 0.05) is 28.7 Å². The molecule has 2 heterocycles. The standard InChI is InChI=1S/C16H14ClF2N3O3/c1-8-2-11(25-22-8)7-24-14-5-13-9(4-12(14)17)3-10(21-13)6-20-16(23)15(18)19/h2-5,15,21H,6-7H2,1H3,(H,20,23). The summed E-state index contributed by atoms with van der Waals surface area (Å²) in [6, 6.07) is 6.85.